The second kappa shape index (κ2) is 11.4. The first-order valence-electron chi connectivity index (χ1n) is 12.5. The maximum Gasteiger partial charge on any atom is 0.430 e. The summed E-state index contributed by atoms with van der Waals surface area (Å²) in [6.07, 6.45) is 1.04. The molecule has 2 aromatic heterocycles. The molecule has 1 unspecified atom stereocenters. The van der Waals surface area contributed by atoms with Gasteiger partial charge in [0.1, 0.15) is 28.0 Å². The molecule has 2 saturated heterocycles. The van der Waals surface area contributed by atoms with Crippen LogP contribution in [-0.2, 0) is 11.2 Å². The summed E-state index contributed by atoms with van der Waals surface area (Å²) in [4.78, 5) is 40.1. The highest BCUT2D eigenvalue weighted by Gasteiger charge is 2.45. The Kier molecular flexibility index (Phi) is 8.53. The number of alkyl halides is 3. The Balaban J connectivity index is 0.000000470. The highest BCUT2D eigenvalue weighted by atomic mass is 35.5. The molecule has 2 aliphatic rings. The molecule has 0 saturated carbocycles. The van der Waals surface area contributed by atoms with Gasteiger partial charge >= 0.3 is 6.18 Å². The molecule has 4 heterocycles. The third-order valence-electron chi connectivity index (χ3n) is 7.79. The van der Waals surface area contributed by atoms with Gasteiger partial charge in [-0.3, -0.25) is 14.0 Å². The van der Waals surface area contributed by atoms with E-state index in [-0.39, 0.29) is 32.7 Å². The average Bonchev–Trinajstić information content (AvgIpc) is 3.41. The minimum atomic E-state index is -5.19. The molecule has 1 aromatic carbocycles. The summed E-state index contributed by atoms with van der Waals surface area (Å²) >= 11 is 12.4. The Labute approximate surface area is 236 Å². The largest absolute Gasteiger partial charge is 0.542 e. The van der Waals surface area contributed by atoms with Crippen molar-refractivity contribution in [2.75, 3.05) is 26.7 Å². The first-order chi connectivity index (χ1) is 18.7. The van der Waals surface area contributed by atoms with Crippen LogP contribution in [0.4, 0.5) is 17.6 Å². The van der Waals surface area contributed by atoms with Crippen LogP contribution in [0.15, 0.2) is 35.3 Å². The normalized spacial score (nSPS) is 18.6. The third kappa shape index (κ3) is 5.98. The molecule has 1 atom stereocenters. The van der Waals surface area contributed by atoms with Crippen LogP contribution in [0.1, 0.15) is 47.3 Å². The fourth-order valence-electron chi connectivity index (χ4n) is 5.53. The number of carboxylic acid groups (broad SMARTS) is 1. The number of rotatable bonds is 3. The lowest BCUT2D eigenvalue weighted by atomic mass is 9.85. The number of aromatic amines is 1. The molecule has 1 spiro atoms. The van der Waals surface area contributed by atoms with E-state index >= 15 is 0 Å². The predicted octanol–water partition coefficient (Wildman–Crippen LogP) is 2.25. The molecule has 2 fully saturated rings. The first kappa shape index (κ1) is 29.9. The number of nitrogens with one attached hydrogen (secondary N) is 2. The molecular weight excluding hydrogens is 579 g/mol. The Morgan fingerprint density at radius 1 is 1.15 bits per heavy atom. The van der Waals surface area contributed by atoms with E-state index in [1.807, 2.05) is 0 Å². The molecule has 5 rings (SSSR count). The molecule has 0 bridgehead atoms. The zero-order valence-corrected chi connectivity index (χ0v) is 22.9. The Morgan fingerprint density at radius 3 is 2.38 bits per heavy atom. The molecule has 0 aliphatic carbocycles. The molecule has 8 nitrogen and oxygen atoms in total. The van der Waals surface area contributed by atoms with E-state index in [1.54, 1.807) is 32.5 Å². The van der Waals surface area contributed by atoms with Crippen LogP contribution in [0.25, 0.3) is 5.52 Å². The smallest absolute Gasteiger partial charge is 0.430 e. The van der Waals surface area contributed by atoms with Crippen LogP contribution in [-0.4, -0.2) is 64.6 Å². The zero-order chi connectivity index (χ0) is 29.4. The van der Waals surface area contributed by atoms with Crippen molar-refractivity contribution in [3.63, 3.8) is 0 Å². The van der Waals surface area contributed by atoms with Gasteiger partial charge in [0.15, 0.2) is 0 Å². The zero-order valence-electron chi connectivity index (χ0n) is 21.3. The number of carbonyl (C=O) groups excluding carboxylic acids is 2. The SMILES string of the molecule is C[NH+]1CCCC12CCN(C(=O)c1cc(Cc3c[nH]c(=O)c4cc(Cl)c(Cl)n34)ccc1F)CC2.O=C([O-])C(F)(F)F. The van der Waals surface area contributed by atoms with Gasteiger partial charge in [-0.25, -0.2) is 4.39 Å². The van der Waals surface area contributed by atoms with E-state index in [2.05, 4.69) is 12.0 Å². The number of fused-ring (bicyclic) bond motifs is 1. The highest BCUT2D eigenvalue weighted by molar-refractivity contribution is 6.42. The summed E-state index contributed by atoms with van der Waals surface area (Å²) in [5.74, 6) is -3.80. The van der Waals surface area contributed by atoms with E-state index in [0.717, 1.165) is 18.4 Å². The summed E-state index contributed by atoms with van der Waals surface area (Å²) in [5, 5.41) is 9.31. The molecule has 0 radical (unpaired) electrons. The Morgan fingerprint density at radius 2 is 1.80 bits per heavy atom. The topological polar surface area (TPSA) is 102 Å². The van der Waals surface area contributed by atoms with Crippen molar-refractivity contribution in [3.8, 4) is 0 Å². The van der Waals surface area contributed by atoms with Gasteiger partial charge in [-0.2, -0.15) is 13.2 Å². The Bertz CT molecular complexity index is 1500. The number of aliphatic carboxylic acids is 1. The lowest BCUT2D eigenvalue weighted by molar-refractivity contribution is -0.922. The van der Waals surface area contributed by atoms with Crippen LogP contribution in [0.2, 0.25) is 10.2 Å². The van der Waals surface area contributed by atoms with Crippen LogP contribution in [0, 0.1) is 5.82 Å². The lowest BCUT2D eigenvalue weighted by Gasteiger charge is -2.41. The van der Waals surface area contributed by atoms with Gasteiger partial charge in [0.05, 0.1) is 24.2 Å². The second-order valence-corrected chi connectivity index (χ2v) is 10.9. The summed E-state index contributed by atoms with van der Waals surface area (Å²) in [5.41, 5.74) is 1.79. The molecule has 1 amide bonds. The minimum absolute atomic E-state index is 0.0767. The van der Waals surface area contributed by atoms with Crippen LogP contribution in [0.5, 0.6) is 0 Å². The molecular formula is C26H26Cl2F4N4O4. The Hall–Kier alpha value is -3.09. The van der Waals surface area contributed by atoms with Gasteiger partial charge in [0.2, 0.25) is 0 Å². The maximum atomic E-state index is 14.7. The van der Waals surface area contributed by atoms with E-state index < -0.39 is 18.0 Å². The number of carboxylic acids is 1. The van der Waals surface area contributed by atoms with E-state index in [9.17, 15) is 27.2 Å². The van der Waals surface area contributed by atoms with Crippen molar-refractivity contribution in [2.24, 2.45) is 0 Å². The van der Waals surface area contributed by atoms with Crippen molar-refractivity contribution in [3.05, 3.63) is 73.6 Å². The molecule has 216 valence electrons. The van der Waals surface area contributed by atoms with Crippen LogP contribution in [0.3, 0.4) is 0 Å². The quantitative estimate of drug-likeness (QED) is 0.448. The standard InChI is InChI=1S/C24H25Cl2FN4O2.C2HF3O2/c1-29-8-2-5-24(29)6-9-30(10-7-24)23(33)17-12-15(3-4-19(17)27)11-16-14-28-22(32)20-13-18(25)21(26)31(16)20;3-2(4,5)1(6)7/h3-4,12-14H,2,5-11H2,1H3,(H,28,32);(H,6,7). The summed E-state index contributed by atoms with van der Waals surface area (Å²) in [7, 11) is 2.24. The monoisotopic (exact) mass is 604 g/mol. The number of quaternary nitrogens is 1. The number of halogens is 6. The molecule has 3 aromatic rings. The average molecular weight is 605 g/mol. The number of carbonyl (C=O) groups is 2. The number of H-pyrrole nitrogens is 1. The maximum absolute atomic E-state index is 14.7. The second-order valence-electron chi connectivity index (χ2n) is 10.1. The number of amides is 1. The van der Waals surface area contributed by atoms with Crippen molar-refractivity contribution in [1.82, 2.24) is 14.3 Å². The predicted molar refractivity (Wildman–Crippen MR) is 137 cm³/mol. The number of hydrogen-bond donors (Lipinski definition) is 2. The summed E-state index contributed by atoms with van der Waals surface area (Å²) in [6, 6.07) is 6.09. The minimum Gasteiger partial charge on any atom is -0.542 e. The van der Waals surface area contributed by atoms with Crippen molar-refractivity contribution in [2.45, 2.75) is 43.8 Å². The van der Waals surface area contributed by atoms with E-state index in [0.29, 0.717) is 30.7 Å². The summed E-state index contributed by atoms with van der Waals surface area (Å²) < 4.78 is 47.8. The number of nitrogens with zero attached hydrogens (tertiary/aromatic N) is 2. The van der Waals surface area contributed by atoms with Gasteiger partial charge in [0, 0.05) is 57.1 Å². The number of benzene rings is 1. The van der Waals surface area contributed by atoms with Crippen molar-refractivity contribution < 1.29 is 37.2 Å². The lowest BCUT2D eigenvalue weighted by Crippen LogP contribution is -3.15. The third-order valence-corrected chi connectivity index (χ3v) is 8.54. The van der Waals surface area contributed by atoms with E-state index in [1.165, 1.54) is 31.5 Å². The number of hydrogen-bond acceptors (Lipinski definition) is 4. The van der Waals surface area contributed by atoms with E-state index in [4.69, 9.17) is 33.1 Å². The van der Waals surface area contributed by atoms with Crippen LogP contribution < -0.4 is 15.6 Å². The highest BCUT2D eigenvalue weighted by Crippen LogP contribution is 2.29. The fraction of sp³-hybridized carbons (Fsp3) is 0.423. The van der Waals surface area contributed by atoms with Crippen molar-refractivity contribution >= 4 is 40.6 Å². The number of aromatic nitrogens is 2. The molecule has 2 N–H and O–H groups in total. The van der Waals surface area contributed by atoms with Gasteiger partial charge in [-0.05, 0) is 23.8 Å². The van der Waals surface area contributed by atoms with Gasteiger partial charge in [0.25, 0.3) is 11.5 Å². The molecule has 14 heteroatoms. The van der Waals surface area contributed by atoms with Gasteiger partial charge < -0.3 is 24.7 Å². The summed E-state index contributed by atoms with van der Waals surface area (Å²) in [6.45, 7) is 2.48. The number of likely N-dealkylation sites (tertiary alicyclic amines) is 2. The molecule has 40 heavy (non-hydrogen) atoms. The van der Waals surface area contributed by atoms with Gasteiger partial charge in [-0.15, -0.1) is 0 Å². The fourth-order valence-corrected chi connectivity index (χ4v) is 5.97. The van der Waals surface area contributed by atoms with Crippen LogP contribution >= 0.6 is 23.2 Å². The molecule has 2 aliphatic heterocycles. The first-order valence-corrected chi connectivity index (χ1v) is 13.2. The van der Waals surface area contributed by atoms with Gasteiger partial charge in [-0.1, -0.05) is 29.3 Å². The van der Waals surface area contributed by atoms with Crippen molar-refractivity contribution in [1.29, 1.82) is 0 Å². The number of piperidine rings is 1.